The van der Waals surface area contributed by atoms with Crippen LogP contribution in [-0.2, 0) is 9.05 Å². The topological polar surface area (TPSA) is 63.2 Å². The maximum absolute atomic E-state index is 11.8. The van der Waals surface area contributed by atoms with Gasteiger partial charge in [0.25, 0.3) is 15.0 Å². The summed E-state index contributed by atoms with van der Waals surface area (Å²) in [4.78, 5) is 11.7. The Morgan fingerprint density at radius 1 is 1.39 bits per heavy atom. The van der Waals surface area contributed by atoms with Crippen LogP contribution in [0.15, 0.2) is 29.2 Å². The van der Waals surface area contributed by atoms with Gasteiger partial charge in [0.05, 0.1) is 4.90 Å². The Balaban J connectivity index is 2.00. The lowest BCUT2D eigenvalue weighted by Crippen LogP contribution is -2.24. The van der Waals surface area contributed by atoms with Crippen molar-refractivity contribution in [2.45, 2.75) is 24.2 Å². The van der Waals surface area contributed by atoms with Crippen LogP contribution in [0.1, 0.15) is 29.6 Å². The minimum atomic E-state index is -3.79. The summed E-state index contributed by atoms with van der Waals surface area (Å²) in [5.41, 5.74) is 0.313. The molecule has 4 nitrogen and oxygen atoms in total. The summed E-state index contributed by atoms with van der Waals surface area (Å²) in [5, 5.41) is 2.77. The van der Waals surface area contributed by atoms with Gasteiger partial charge in [0.15, 0.2) is 0 Å². The highest BCUT2D eigenvalue weighted by Gasteiger charge is 2.20. The van der Waals surface area contributed by atoms with Crippen LogP contribution in [-0.4, -0.2) is 20.9 Å². The molecule has 0 bridgehead atoms. The highest BCUT2D eigenvalue weighted by Crippen LogP contribution is 2.31. The molecular formula is C12H14ClNO3S. The quantitative estimate of drug-likeness (QED) is 0.844. The second-order valence-electron chi connectivity index (χ2n) is 4.45. The molecule has 1 amide bonds. The first-order valence-electron chi connectivity index (χ1n) is 5.80. The molecule has 1 saturated carbocycles. The summed E-state index contributed by atoms with van der Waals surface area (Å²) >= 11 is 0. The summed E-state index contributed by atoms with van der Waals surface area (Å²) in [7, 11) is 1.44. The highest BCUT2D eigenvalue weighted by atomic mass is 35.7. The maximum Gasteiger partial charge on any atom is 0.261 e. The molecule has 1 aliphatic rings. The number of amides is 1. The van der Waals surface area contributed by atoms with Crippen LogP contribution in [0.5, 0.6) is 0 Å². The Hall–Kier alpha value is -1.07. The van der Waals surface area contributed by atoms with Gasteiger partial charge in [-0.15, -0.1) is 0 Å². The second kappa shape index (κ2) is 5.28. The van der Waals surface area contributed by atoms with Gasteiger partial charge in [-0.05, 0) is 30.5 Å². The molecule has 98 valence electrons. The van der Waals surface area contributed by atoms with Crippen molar-refractivity contribution >= 4 is 25.6 Å². The fourth-order valence-corrected chi connectivity index (χ4v) is 2.48. The van der Waals surface area contributed by atoms with Crippen LogP contribution in [0.4, 0.5) is 0 Å². The SMILES string of the molecule is O=C(NCCC1CC1)c1cccc(S(=O)(=O)Cl)c1. The first-order chi connectivity index (χ1) is 8.47. The fourth-order valence-electron chi connectivity index (χ4n) is 1.69. The van der Waals surface area contributed by atoms with Crippen molar-refractivity contribution in [3.63, 3.8) is 0 Å². The van der Waals surface area contributed by atoms with E-state index in [0.29, 0.717) is 12.1 Å². The van der Waals surface area contributed by atoms with Gasteiger partial charge in [-0.1, -0.05) is 18.9 Å². The van der Waals surface area contributed by atoms with Gasteiger partial charge in [0.1, 0.15) is 0 Å². The Morgan fingerprint density at radius 2 is 2.11 bits per heavy atom. The van der Waals surface area contributed by atoms with E-state index in [4.69, 9.17) is 10.7 Å². The van der Waals surface area contributed by atoms with Gasteiger partial charge >= 0.3 is 0 Å². The van der Waals surface area contributed by atoms with Crippen LogP contribution >= 0.6 is 10.7 Å². The Bertz CT molecular complexity index is 552. The molecule has 0 aliphatic heterocycles. The van der Waals surface area contributed by atoms with E-state index in [0.717, 1.165) is 12.3 Å². The van der Waals surface area contributed by atoms with Gasteiger partial charge in [0, 0.05) is 22.8 Å². The molecule has 0 aromatic heterocycles. The average molecular weight is 288 g/mol. The molecule has 18 heavy (non-hydrogen) atoms. The fraction of sp³-hybridized carbons (Fsp3) is 0.417. The Kier molecular flexibility index (Phi) is 3.92. The van der Waals surface area contributed by atoms with Gasteiger partial charge in [-0.3, -0.25) is 4.79 Å². The van der Waals surface area contributed by atoms with E-state index < -0.39 is 9.05 Å². The van der Waals surface area contributed by atoms with E-state index in [9.17, 15) is 13.2 Å². The van der Waals surface area contributed by atoms with E-state index >= 15 is 0 Å². The molecule has 0 heterocycles. The molecular weight excluding hydrogens is 274 g/mol. The Morgan fingerprint density at radius 3 is 2.72 bits per heavy atom. The van der Waals surface area contributed by atoms with Crippen molar-refractivity contribution < 1.29 is 13.2 Å². The molecule has 0 atom stereocenters. The van der Waals surface area contributed by atoms with Crippen molar-refractivity contribution in [2.75, 3.05) is 6.54 Å². The predicted molar refractivity (Wildman–Crippen MR) is 69.2 cm³/mol. The van der Waals surface area contributed by atoms with Crippen LogP contribution in [0, 0.1) is 5.92 Å². The number of halogens is 1. The number of hydrogen-bond donors (Lipinski definition) is 1. The van der Waals surface area contributed by atoms with Crippen LogP contribution in [0.25, 0.3) is 0 Å². The summed E-state index contributed by atoms with van der Waals surface area (Å²) < 4.78 is 22.3. The molecule has 2 rings (SSSR count). The van der Waals surface area contributed by atoms with E-state index in [1.54, 1.807) is 6.07 Å². The molecule has 6 heteroatoms. The molecule has 0 spiro atoms. The third-order valence-electron chi connectivity index (χ3n) is 2.91. The predicted octanol–water partition coefficient (Wildman–Crippen LogP) is 2.14. The van der Waals surface area contributed by atoms with E-state index in [-0.39, 0.29) is 10.8 Å². The minimum Gasteiger partial charge on any atom is -0.352 e. The maximum atomic E-state index is 11.8. The molecule has 0 saturated heterocycles. The normalized spacial score (nSPS) is 15.4. The molecule has 1 aromatic rings. The zero-order chi connectivity index (χ0) is 13.2. The first-order valence-corrected chi connectivity index (χ1v) is 8.10. The lowest BCUT2D eigenvalue weighted by Gasteiger charge is -2.05. The third-order valence-corrected chi connectivity index (χ3v) is 4.26. The number of hydrogen-bond acceptors (Lipinski definition) is 3. The lowest BCUT2D eigenvalue weighted by molar-refractivity contribution is 0.0952. The van der Waals surface area contributed by atoms with Gasteiger partial charge < -0.3 is 5.32 Å². The standard InChI is InChI=1S/C12H14ClNO3S/c13-18(16,17)11-3-1-2-10(8-11)12(15)14-7-6-9-4-5-9/h1-3,8-9H,4-7H2,(H,14,15). The zero-order valence-corrected chi connectivity index (χ0v) is 11.3. The number of carbonyl (C=O) groups is 1. The molecule has 1 aromatic carbocycles. The van der Waals surface area contributed by atoms with E-state index in [1.807, 2.05) is 0 Å². The van der Waals surface area contributed by atoms with E-state index in [2.05, 4.69) is 5.32 Å². The largest absolute Gasteiger partial charge is 0.352 e. The van der Waals surface area contributed by atoms with Crippen molar-refractivity contribution in [3.8, 4) is 0 Å². The molecule has 0 radical (unpaired) electrons. The monoisotopic (exact) mass is 287 g/mol. The number of rotatable bonds is 5. The number of nitrogens with one attached hydrogen (secondary N) is 1. The summed E-state index contributed by atoms with van der Waals surface area (Å²) in [6, 6.07) is 5.72. The summed E-state index contributed by atoms with van der Waals surface area (Å²) in [6.07, 6.45) is 3.48. The lowest BCUT2D eigenvalue weighted by atomic mass is 10.2. The van der Waals surface area contributed by atoms with Crippen LogP contribution in [0.2, 0.25) is 0 Å². The smallest absolute Gasteiger partial charge is 0.261 e. The van der Waals surface area contributed by atoms with Crippen molar-refractivity contribution in [1.82, 2.24) is 5.32 Å². The highest BCUT2D eigenvalue weighted by molar-refractivity contribution is 8.13. The van der Waals surface area contributed by atoms with Gasteiger partial charge in [0.2, 0.25) is 0 Å². The molecule has 1 fully saturated rings. The van der Waals surface area contributed by atoms with Crippen molar-refractivity contribution in [1.29, 1.82) is 0 Å². The number of carbonyl (C=O) groups excluding carboxylic acids is 1. The average Bonchev–Trinajstić information content (AvgIpc) is 3.12. The molecule has 1 N–H and O–H groups in total. The van der Waals surface area contributed by atoms with Crippen LogP contribution < -0.4 is 5.32 Å². The van der Waals surface area contributed by atoms with Gasteiger partial charge in [-0.2, -0.15) is 0 Å². The zero-order valence-electron chi connectivity index (χ0n) is 9.73. The van der Waals surface area contributed by atoms with E-state index in [1.165, 1.54) is 31.0 Å². The van der Waals surface area contributed by atoms with Crippen molar-refractivity contribution in [2.24, 2.45) is 5.92 Å². The van der Waals surface area contributed by atoms with Gasteiger partial charge in [-0.25, -0.2) is 8.42 Å². The Labute approximate surface area is 111 Å². The third kappa shape index (κ3) is 3.71. The number of benzene rings is 1. The molecule has 0 unspecified atom stereocenters. The summed E-state index contributed by atoms with van der Waals surface area (Å²) in [5.74, 6) is 0.484. The first kappa shape index (κ1) is 13.4. The van der Waals surface area contributed by atoms with Crippen LogP contribution in [0.3, 0.4) is 0 Å². The minimum absolute atomic E-state index is 0.0565. The second-order valence-corrected chi connectivity index (χ2v) is 7.02. The van der Waals surface area contributed by atoms with Crippen molar-refractivity contribution in [3.05, 3.63) is 29.8 Å². The molecule has 1 aliphatic carbocycles. The summed E-state index contributed by atoms with van der Waals surface area (Å²) in [6.45, 7) is 0.626.